The molecule has 3 heteroatoms. The van der Waals surface area contributed by atoms with Crippen LogP contribution in [-0.2, 0) is 6.54 Å². The predicted molar refractivity (Wildman–Crippen MR) is 53.6 cm³/mol. The second-order valence-electron chi connectivity index (χ2n) is 4.26. The Morgan fingerprint density at radius 1 is 1.57 bits per heavy atom. The summed E-state index contributed by atoms with van der Waals surface area (Å²) in [5.74, 6) is 1.94. The van der Waals surface area contributed by atoms with Gasteiger partial charge in [0.05, 0.1) is 31.8 Å². The van der Waals surface area contributed by atoms with Gasteiger partial charge in [-0.05, 0) is 25.0 Å². The molecule has 0 aliphatic carbocycles. The molecule has 0 aromatic carbocycles. The van der Waals surface area contributed by atoms with E-state index in [1.54, 1.807) is 11.2 Å². The number of nitrogens with one attached hydrogen (secondary N) is 1. The maximum Gasteiger partial charge on any atom is 0.157 e. The molecular formula is C11H20N2O+2. The Labute approximate surface area is 84.9 Å². The van der Waals surface area contributed by atoms with E-state index < -0.39 is 0 Å². The van der Waals surface area contributed by atoms with Gasteiger partial charge in [0.1, 0.15) is 6.54 Å². The summed E-state index contributed by atoms with van der Waals surface area (Å²) in [6, 6.07) is 4.04. The Balaban J connectivity index is 1.86. The van der Waals surface area contributed by atoms with E-state index >= 15 is 0 Å². The highest BCUT2D eigenvalue weighted by molar-refractivity contribution is 4.95. The molecule has 1 aromatic rings. The topological polar surface area (TPSA) is 45.2 Å². The van der Waals surface area contributed by atoms with Crippen LogP contribution in [0.4, 0.5) is 0 Å². The molecule has 0 spiro atoms. The van der Waals surface area contributed by atoms with E-state index in [4.69, 9.17) is 4.42 Å². The van der Waals surface area contributed by atoms with Crippen LogP contribution in [0.3, 0.4) is 0 Å². The number of quaternary nitrogens is 2. The molecule has 2 rings (SSSR count). The van der Waals surface area contributed by atoms with Crippen LogP contribution in [0.2, 0.25) is 0 Å². The monoisotopic (exact) mass is 196 g/mol. The molecule has 0 amide bonds. The van der Waals surface area contributed by atoms with Gasteiger partial charge >= 0.3 is 0 Å². The Morgan fingerprint density at radius 2 is 2.50 bits per heavy atom. The normalized spacial score (nSPS) is 27.8. The van der Waals surface area contributed by atoms with E-state index in [0.717, 1.165) is 24.8 Å². The van der Waals surface area contributed by atoms with Crippen LogP contribution in [-0.4, -0.2) is 19.6 Å². The Morgan fingerprint density at radius 3 is 3.21 bits per heavy atom. The first-order valence-corrected chi connectivity index (χ1v) is 5.53. The lowest BCUT2D eigenvalue weighted by Gasteiger charge is -2.27. The summed E-state index contributed by atoms with van der Waals surface area (Å²) in [7, 11) is 0. The second-order valence-corrected chi connectivity index (χ2v) is 4.26. The van der Waals surface area contributed by atoms with E-state index in [-0.39, 0.29) is 0 Å². The number of hydrogen-bond donors (Lipinski definition) is 2. The highest BCUT2D eigenvalue weighted by atomic mass is 16.3. The quantitative estimate of drug-likeness (QED) is 0.661. The van der Waals surface area contributed by atoms with Gasteiger partial charge in [-0.3, -0.25) is 0 Å². The molecule has 1 fully saturated rings. The smallest absolute Gasteiger partial charge is 0.157 e. The number of hydrogen-bond acceptors (Lipinski definition) is 1. The maximum atomic E-state index is 5.37. The molecule has 2 unspecified atom stereocenters. The highest BCUT2D eigenvalue weighted by Gasteiger charge is 2.23. The number of furan rings is 1. The van der Waals surface area contributed by atoms with Crippen LogP contribution >= 0.6 is 0 Å². The molecular weight excluding hydrogens is 176 g/mol. The summed E-state index contributed by atoms with van der Waals surface area (Å²) < 4.78 is 5.37. The third-order valence-corrected chi connectivity index (χ3v) is 3.13. The zero-order valence-electron chi connectivity index (χ0n) is 8.67. The van der Waals surface area contributed by atoms with Crippen molar-refractivity contribution in [3.05, 3.63) is 24.2 Å². The molecule has 1 aliphatic heterocycles. The van der Waals surface area contributed by atoms with Crippen LogP contribution < -0.4 is 10.6 Å². The lowest BCUT2D eigenvalue weighted by molar-refractivity contribution is -0.924. The Hall–Kier alpha value is -0.800. The average molecular weight is 196 g/mol. The van der Waals surface area contributed by atoms with Gasteiger partial charge in [0.2, 0.25) is 0 Å². The van der Waals surface area contributed by atoms with Crippen molar-refractivity contribution in [2.75, 3.05) is 19.6 Å². The van der Waals surface area contributed by atoms with Crippen molar-refractivity contribution in [1.29, 1.82) is 0 Å². The minimum atomic E-state index is 0.828. The third kappa shape index (κ3) is 2.36. The first-order chi connectivity index (χ1) is 6.88. The predicted octanol–water partition coefficient (Wildman–Crippen LogP) is -0.684. The summed E-state index contributed by atoms with van der Waals surface area (Å²) in [6.07, 6.45) is 4.47. The molecule has 1 aliphatic rings. The van der Waals surface area contributed by atoms with Crippen LogP contribution in [0.25, 0.3) is 0 Å². The number of piperidine rings is 1. The molecule has 14 heavy (non-hydrogen) atoms. The molecule has 1 saturated heterocycles. The third-order valence-electron chi connectivity index (χ3n) is 3.13. The molecule has 3 nitrogen and oxygen atoms in total. The molecule has 0 saturated carbocycles. The summed E-state index contributed by atoms with van der Waals surface area (Å²) >= 11 is 0. The van der Waals surface area contributed by atoms with Crippen LogP contribution in [0.1, 0.15) is 18.6 Å². The van der Waals surface area contributed by atoms with Crippen LogP contribution in [0.15, 0.2) is 22.8 Å². The van der Waals surface area contributed by atoms with Crippen molar-refractivity contribution in [1.82, 2.24) is 0 Å². The van der Waals surface area contributed by atoms with Gasteiger partial charge in [-0.15, -0.1) is 0 Å². The van der Waals surface area contributed by atoms with Gasteiger partial charge in [0, 0.05) is 0 Å². The summed E-state index contributed by atoms with van der Waals surface area (Å²) in [5, 5.41) is 0. The van der Waals surface area contributed by atoms with E-state index in [9.17, 15) is 0 Å². The molecule has 1 aromatic heterocycles. The summed E-state index contributed by atoms with van der Waals surface area (Å²) in [4.78, 5) is 1.65. The molecule has 4 N–H and O–H groups in total. The minimum absolute atomic E-state index is 0.828. The van der Waals surface area contributed by atoms with Gasteiger partial charge in [0.15, 0.2) is 5.76 Å². The van der Waals surface area contributed by atoms with Crippen LogP contribution in [0.5, 0.6) is 0 Å². The minimum Gasteiger partial charge on any atom is -0.463 e. The highest BCUT2D eigenvalue weighted by Crippen LogP contribution is 2.05. The van der Waals surface area contributed by atoms with Gasteiger partial charge < -0.3 is 15.1 Å². The van der Waals surface area contributed by atoms with Crippen molar-refractivity contribution in [2.24, 2.45) is 5.92 Å². The SMILES string of the molecule is [NH3+]CC1CCC[NH+](Cc2ccco2)C1. The van der Waals surface area contributed by atoms with Gasteiger partial charge in [-0.2, -0.15) is 0 Å². The van der Waals surface area contributed by atoms with Gasteiger partial charge in [0.25, 0.3) is 0 Å². The number of rotatable bonds is 3. The van der Waals surface area contributed by atoms with Crippen molar-refractivity contribution in [3.8, 4) is 0 Å². The lowest BCUT2D eigenvalue weighted by Crippen LogP contribution is -3.12. The van der Waals surface area contributed by atoms with E-state index in [1.807, 2.05) is 6.07 Å². The van der Waals surface area contributed by atoms with Gasteiger partial charge in [-0.1, -0.05) is 0 Å². The number of likely N-dealkylation sites (tertiary alicyclic amines) is 1. The Bertz CT molecular complexity index is 258. The summed E-state index contributed by atoms with van der Waals surface area (Å²) in [5.41, 5.74) is 4.00. The van der Waals surface area contributed by atoms with Crippen molar-refractivity contribution in [2.45, 2.75) is 19.4 Å². The molecule has 2 heterocycles. The van der Waals surface area contributed by atoms with E-state index in [2.05, 4.69) is 11.8 Å². The first kappa shape index (κ1) is 9.74. The Kier molecular flexibility index (Phi) is 3.22. The maximum absolute atomic E-state index is 5.37. The summed E-state index contributed by atoms with van der Waals surface area (Å²) in [6.45, 7) is 4.69. The molecule has 2 atom stereocenters. The van der Waals surface area contributed by atoms with Crippen molar-refractivity contribution in [3.63, 3.8) is 0 Å². The largest absolute Gasteiger partial charge is 0.463 e. The zero-order valence-corrected chi connectivity index (χ0v) is 8.67. The van der Waals surface area contributed by atoms with Gasteiger partial charge in [-0.25, -0.2) is 0 Å². The average Bonchev–Trinajstić information content (AvgIpc) is 2.71. The van der Waals surface area contributed by atoms with Crippen molar-refractivity contribution >= 4 is 0 Å². The van der Waals surface area contributed by atoms with E-state index in [1.165, 1.54) is 25.9 Å². The molecule has 0 bridgehead atoms. The second kappa shape index (κ2) is 4.62. The van der Waals surface area contributed by atoms with Crippen molar-refractivity contribution < 1.29 is 15.1 Å². The fourth-order valence-electron chi connectivity index (χ4n) is 2.32. The van der Waals surface area contributed by atoms with Crippen LogP contribution in [0, 0.1) is 5.92 Å². The van der Waals surface area contributed by atoms with E-state index in [0.29, 0.717) is 0 Å². The first-order valence-electron chi connectivity index (χ1n) is 5.53. The molecule has 0 radical (unpaired) electrons. The zero-order chi connectivity index (χ0) is 9.80. The lowest BCUT2D eigenvalue weighted by atomic mass is 9.98. The fourth-order valence-corrected chi connectivity index (χ4v) is 2.32. The standard InChI is InChI=1S/C11H18N2O/c12-7-10-3-1-5-13(8-10)9-11-4-2-6-14-11/h2,4,6,10H,1,3,5,7-9,12H2/p+2. The fraction of sp³-hybridized carbons (Fsp3) is 0.636. The molecule has 78 valence electrons.